The first-order valence-electron chi connectivity index (χ1n) is 8.47. The fourth-order valence-corrected chi connectivity index (χ4v) is 3.00. The lowest BCUT2D eigenvalue weighted by molar-refractivity contribution is -0.111. The number of halogens is 1. The van der Waals surface area contributed by atoms with Crippen molar-refractivity contribution in [3.8, 4) is 11.4 Å². The van der Waals surface area contributed by atoms with E-state index < -0.39 is 0 Å². The third-order valence-electron chi connectivity index (χ3n) is 4.11. The van der Waals surface area contributed by atoms with Crippen LogP contribution in [0.4, 0.5) is 5.69 Å². The van der Waals surface area contributed by atoms with Gasteiger partial charge in [0, 0.05) is 21.8 Å². The number of nitrogens with zero attached hydrogens (tertiary/aromatic N) is 1. The standard InChI is InChI=1S/C22H16BrN3O/c23-17-10-5-15(6-11-17)7-14-21(27)24-18-12-8-16(9-13-18)22-25-19-3-1-2-4-20(19)26-22/h1-14H,(H,24,27)(H,25,26)/b14-7+. The normalized spacial score (nSPS) is 11.1. The van der Waals surface area contributed by atoms with E-state index in [1.807, 2.05) is 72.8 Å². The molecule has 27 heavy (non-hydrogen) atoms. The molecule has 4 aromatic rings. The number of carbonyl (C=O) groups excluding carboxylic acids is 1. The van der Waals surface area contributed by atoms with Gasteiger partial charge in [-0.25, -0.2) is 4.98 Å². The number of amides is 1. The van der Waals surface area contributed by atoms with Crippen LogP contribution < -0.4 is 5.32 Å². The maximum Gasteiger partial charge on any atom is 0.248 e. The first-order chi connectivity index (χ1) is 13.2. The molecule has 1 aromatic heterocycles. The van der Waals surface area contributed by atoms with Gasteiger partial charge in [-0.05, 0) is 60.2 Å². The van der Waals surface area contributed by atoms with Gasteiger partial charge in [0.1, 0.15) is 5.82 Å². The molecule has 0 bridgehead atoms. The highest BCUT2D eigenvalue weighted by molar-refractivity contribution is 9.10. The van der Waals surface area contributed by atoms with Crippen LogP contribution in [-0.2, 0) is 4.79 Å². The number of nitrogens with one attached hydrogen (secondary N) is 2. The molecule has 132 valence electrons. The molecule has 0 radical (unpaired) electrons. The van der Waals surface area contributed by atoms with Crippen molar-refractivity contribution in [2.45, 2.75) is 0 Å². The molecule has 0 aliphatic heterocycles. The number of benzene rings is 3. The summed E-state index contributed by atoms with van der Waals surface area (Å²) in [4.78, 5) is 20.0. The van der Waals surface area contributed by atoms with Crippen molar-refractivity contribution in [3.63, 3.8) is 0 Å². The number of anilines is 1. The van der Waals surface area contributed by atoms with Crippen molar-refractivity contribution in [3.05, 3.63) is 88.9 Å². The number of aromatic nitrogens is 2. The highest BCUT2D eigenvalue weighted by atomic mass is 79.9. The van der Waals surface area contributed by atoms with Crippen LogP contribution in [0.15, 0.2) is 83.3 Å². The molecule has 0 aliphatic rings. The van der Waals surface area contributed by atoms with Gasteiger partial charge in [0.15, 0.2) is 0 Å². The van der Waals surface area contributed by atoms with E-state index in [0.29, 0.717) is 0 Å². The third kappa shape index (κ3) is 4.15. The molecule has 0 saturated heterocycles. The summed E-state index contributed by atoms with van der Waals surface area (Å²) in [5, 5.41) is 2.86. The quantitative estimate of drug-likeness (QED) is 0.421. The minimum absolute atomic E-state index is 0.172. The molecular weight excluding hydrogens is 402 g/mol. The molecule has 3 aromatic carbocycles. The zero-order valence-electron chi connectivity index (χ0n) is 14.3. The molecule has 1 heterocycles. The minimum Gasteiger partial charge on any atom is -0.338 e. The summed E-state index contributed by atoms with van der Waals surface area (Å²) in [5.41, 5.74) is 4.61. The highest BCUT2D eigenvalue weighted by Crippen LogP contribution is 2.22. The molecule has 0 atom stereocenters. The molecular formula is C22H16BrN3O. The molecule has 0 aliphatic carbocycles. The number of fused-ring (bicyclic) bond motifs is 1. The summed E-state index contributed by atoms with van der Waals surface area (Å²) in [7, 11) is 0. The second-order valence-corrected chi connectivity index (χ2v) is 6.97. The van der Waals surface area contributed by atoms with Crippen LogP contribution in [0, 0.1) is 0 Å². The maximum atomic E-state index is 12.1. The van der Waals surface area contributed by atoms with Crippen LogP contribution in [0.5, 0.6) is 0 Å². The van der Waals surface area contributed by atoms with Crippen molar-refractivity contribution in [1.82, 2.24) is 9.97 Å². The smallest absolute Gasteiger partial charge is 0.248 e. The van der Waals surface area contributed by atoms with E-state index in [-0.39, 0.29) is 5.91 Å². The van der Waals surface area contributed by atoms with Gasteiger partial charge in [-0.2, -0.15) is 0 Å². The molecule has 5 heteroatoms. The van der Waals surface area contributed by atoms with Crippen LogP contribution in [0.3, 0.4) is 0 Å². The summed E-state index contributed by atoms with van der Waals surface area (Å²) in [6, 6.07) is 23.3. The Morgan fingerprint density at radius 1 is 0.963 bits per heavy atom. The summed E-state index contributed by atoms with van der Waals surface area (Å²) < 4.78 is 1.01. The fraction of sp³-hybridized carbons (Fsp3) is 0. The van der Waals surface area contributed by atoms with Crippen LogP contribution in [0.1, 0.15) is 5.56 Å². The van der Waals surface area contributed by atoms with Gasteiger partial charge in [-0.1, -0.05) is 40.2 Å². The Kier molecular flexibility index (Phi) is 4.85. The van der Waals surface area contributed by atoms with Gasteiger partial charge >= 0.3 is 0 Å². The summed E-state index contributed by atoms with van der Waals surface area (Å²) >= 11 is 3.39. The Labute approximate surface area is 165 Å². The van der Waals surface area contributed by atoms with Crippen LogP contribution in [0.2, 0.25) is 0 Å². The topological polar surface area (TPSA) is 57.8 Å². The fourth-order valence-electron chi connectivity index (χ4n) is 2.73. The van der Waals surface area contributed by atoms with E-state index in [1.54, 1.807) is 6.08 Å². The monoisotopic (exact) mass is 417 g/mol. The Morgan fingerprint density at radius 3 is 2.44 bits per heavy atom. The second kappa shape index (κ2) is 7.60. The number of aromatic amines is 1. The average molecular weight is 418 g/mol. The molecule has 0 saturated carbocycles. The van der Waals surface area contributed by atoms with Gasteiger partial charge in [0.05, 0.1) is 11.0 Å². The zero-order valence-corrected chi connectivity index (χ0v) is 15.9. The SMILES string of the molecule is O=C(/C=C/c1ccc(Br)cc1)Nc1ccc(-c2nc3ccccc3[nH]2)cc1. The van der Waals surface area contributed by atoms with E-state index in [1.165, 1.54) is 6.08 Å². The predicted molar refractivity (Wildman–Crippen MR) is 113 cm³/mol. The number of hydrogen-bond donors (Lipinski definition) is 2. The lowest BCUT2D eigenvalue weighted by atomic mass is 10.2. The van der Waals surface area contributed by atoms with E-state index >= 15 is 0 Å². The lowest BCUT2D eigenvalue weighted by Crippen LogP contribution is -2.07. The van der Waals surface area contributed by atoms with Crippen LogP contribution in [0.25, 0.3) is 28.5 Å². The molecule has 0 spiro atoms. The Morgan fingerprint density at radius 2 is 1.70 bits per heavy atom. The Balaban J connectivity index is 1.44. The molecule has 4 rings (SSSR count). The van der Waals surface area contributed by atoms with Crippen molar-refractivity contribution in [2.24, 2.45) is 0 Å². The maximum absolute atomic E-state index is 12.1. The second-order valence-electron chi connectivity index (χ2n) is 6.05. The van der Waals surface area contributed by atoms with Gasteiger partial charge in [-0.3, -0.25) is 4.79 Å². The van der Waals surface area contributed by atoms with Crippen LogP contribution >= 0.6 is 15.9 Å². The first kappa shape index (κ1) is 17.2. The van der Waals surface area contributed by atoms with Gasteiger partial charge in [-0.15, -0.1) is 0 Å². The van der Waals surface area contributed by atoms with Crippen molar-refractivity contribution < 1.29 is 4.79 Å². The van der Waals surface area contributed by atoms with E-state index in [0.717, 1.165) is 38.1 Å². The number of imidazole rings is 1. The molecule has 4 nitrogen and oxygen atoms in total. The molecule has 0 fully saturated rings. The highest BCUT2D eigenvalue weighted by Gasteiger charge is 2.05. The number of rotatable bonds is 4. The lowest BCUT2D eigenvalue weighted by Gasteiger charge is -2.03. The van der Waals surface area contributed by atoms with Crippen LogP contribution in [-0.4, -0.2) is 15.9 Å². The largest absolute Gasteiger partial charge is 0.338 e. The average Bonchev–Trinajstić information content (AvgIpc) is 3.12. The minimum atomic E-state index is -0.172. The molecule has 2 N–H and O–H groups in total. The zero-order chi connectivity index (χ0) is 18.6. The van der Waals surface area contributed by atoms with Crippen molar-refractivity contribution in [2.75, 3.05) is 5.32 Å². The molecule has 0 unspecified atom stereocenters. The van der Waals surface area contributed by atoms with Crippen molar-refractivity contribution >= 4 is 44.6 Å². The summed E-state index contributed by atoms with van der Waals surface area (Å²) in [6.07, 6.45) is 3.31. The number of H-pyrrole nitrogens is 1. The summed E-state index contributed by atoms with van der Waals surface area (Å²) in [5.74, 6) is 0.638. The van der Waals surface area contributed by atoms with E-state index in [9.17, 15) is 4.79 Å². The first-order valence-corrected chi connectivity index (χ1v) is 9.26. The van der Waals surface area contributed by atoms with E-state index in [4.69, 9.17) is 0 Å². The predicted octanol–water partition coefficient (Wildman–Crippen LogP) is 5.64. The number of carbonyl (C=O) groups is 1. The van der Waals surface area contributed by atoms with Gasteiger partial charge in [0.25, 0.3) is 0 Å². The van der Waals surface area contributed by atoms with Crippen molar-refractivity contribution in [1.29, 1.82) is 0 Å². The number of hydrogen-bond acceptors (Lipinski definition) is 2. The van der Waals surface area contributed by atoms with Gasteiger partial charge in [0.2, 0.25) is 5.91 Å². The number of para-hydroxylation sites is 2. The van der Waals surface area contributed by atoms with E-state index in [2.05, 4.69) is 31.2 Å². The Bertz CT molecular complexity index is 1080. The summed E-state index contributed by atoms with van der Waals surface area (Å²) in [6.45, 7) is 0. The third-order valence-corrected chi connectivity index (χ3v) is 4.64. The Hall–Kier alpha value is -3.18. The molecule has 1 amide bonds. The van der Waals surface area contributed by atoms with Gasteiger partial charge < -0.3 is 10.3 Å².